The quantitative estimate of drug-likeness (QED) is 0.569. The Labute approximate surface area is 135 Å². The van der Waals surface area contributed by atoms with Gasteiger partial charge in [0.1, 0.15) is 13.1 Å². The van der Waals surface area contributed by atoms with Gasteiger partial charge in [-0.25, -0.2) is 19.6 Å². The molecule has 0 unspecified atom stereocenters. The molecule has 10 heteroatoms. The highest BCUT2D eigenvalue weighted by Crippen LogP contribution is 2.05. The first-order chi connectivity index (χ1) is 11.5. The fraction of sp³-hybridized carbons (Fsp3) is 0.143. The lowest BCUT2D eigenvalue weighted by molar-refractivity contribution is -0.119. The number of rotatable bonds is 4. The Morgan fingerprint density at radius 2 is 1.29 bits per heavy atom. The molecule has 2 N–H and O–H groups in total. The van der Waals surface area contributed by atoms with E-state index in [1.165, 1.54) is 12.4 Å². The standard InChI is InChI=1S/C14H12N6O4/c21-11-7-19(13(23)17-11)15-5-9-2-1-3-10(4-9)6-16-20-8-12(22)18-14(20)24/h1-6H,7-8H2,(H,17,21,23)(H,18,22,24)/b15-5+,16-6+. The van der Waals surface area contributed by atoms with E-state index in [-0.39, 0.29) is 13.1 Å². The Morgan fingerprint density at radius 3 is 1.67 bits per heavy atom. The molecule has 2 fully saturated rings. The first kappa shape index (κ1) is 15.3. The van der Waals surface area contributed by atoms with E-state index in [4.69, 9.17) is 0 Å². The molecule has 10 nitrogen and oxygen atoms in total. The van der Waals surface area contributed by atoms with Crippen molar-refractivity contribution in [2.75, 3.05) is 13.1 Å². The highest BCUT2D eigenvalue weighted by Gasteiger charge is 2.26. The maximum Gasteiger partial charge on any atom is 0.344 e. The van der Waals surface area contributed by atoms with Gasteiger partial charge in [-0.3, -0.25) is 20.2 Å². The molecule has 0 spiro atoms. The van der Waals surface area contributed by atoms with Crippen molar-refractivity contribution in [2.24, 2.45) is 10.2 Å². The first-order valence-electron chi connectivity index (χ1n) is 6.92. The van der Waals surface area contributed by atoms with Crippen LogP contribution in [-0.4, -0.2) is 59.4 Å². The number of hydrogen-bond acceptors (Lipinski definition) is 6. The van der Waals surface area contributed by atoms with Crippen LogP contribution in [0.1, 0.15) is 11.1 Å². The van der Waals surface area contributed by atoms with E-state index in [9.17, 15) is 19.2 Å². The van der Waals surface area contributed by atoms with Crippen LogP contribution in [-0.2, 0) is 9.59 Å². The zero-order valence-electron chi connectivity index (χ0n) is 12.3. The van der Waals surface area contributed by atoms with Crippen LogP contribution in [0.4, 0.5) is 9.59 Å². The summed E-state index contributed by atoms with van der Waals surface area (Å²) in [7, 11) is 0. The molecule has 2 saturated heterocycles. The number of imide groups is 2. The summed E-state index contributed by atoms with van der Waals surface area (Å²) in [5.74, 6) is -0.812. The van der Waals surface area contributed by atoms with E-state index in [0.717, 1.165) is 10.0 Å². The molecular weight excluding hydrogens is 316 g/mol. The number of carbonyl (C=O) groups excluding carboxylic acids is 4. The van der Waals surface area contributed by atoms with Crippen molar-refractivity contribution in [3.63, 3.8) is 0 Å². The van der Waals surface area contributed by atoms with Crippen LogP contribution in [0.25, 0.3) is 0 Å². The highest BCUT2D eigenvalue weighted by atomic mass is 16.2. The molecule has 2 aliphatic heterocycles. The lowest BCUT2D eigenvalue weighted by atomic mass is 10.1. The Kier molecular flexibility index (Phi) is 4.01. The van der Waals surface area contributed by atoms with Crippen LogP contribution < -0.4 is 10.6 Å². The summed E-state index contributed by atoms with van der Waals surface area (Å²) in [6.45, 7) is -0.233. The predicted molar refractivity (Wildman–Crippen MR) is 82.1 cm³/mol. The number of nitrogens with one attached hydrogen (secondary N) is 2. The second-order valence-electron chi connectivity index (χ2n) is 4.98. The van der Waals surface area contributed by atoms with Crippen molar-refractivity contribution in [3.8, 4) is 0 Å². The van der Waals surface area contributed by atoms with Gasteiger partial charge in [-0.05, 0) is 17.2 Å². The van der Waals surface area contributed by atoms with Crippen LogP contribution in [0.2, 0.25) is 0 Å². The molecule has 0 bridgehead atoms. The van der Waals surface area contributed by atoms with Gasteiger partial charge in [0.05, 0.1) is 12.4 Å². The Bertz CT molecular complexity index is 726. The molecule has 0 saturated carbocycles. The molecule has 2 heterocycles. The molecule has 3 rings (SSSR count). The van der Waals surface area contributed by atoms with E-state index in [1.54, 1.807) is 24.3 Å². The summed E-state index contributed by atoms with van der Waals surface area (Å²) in [6, 6.07) is 5.83. The van der Waals surface area contributed by atoms with Gasteiger partial charge in [-0.15, -0.1) is 0 Å². The number of hydrazone groups is 2. The third-order valence-corrected chi connectivity index (χ3v) is 3.15. The fourth-order valence-corrected chi connectivity index (χ4v) is 2.04. The predicted octanol–water partition coefficient (Wildman–Crippen LogP) is -0.542. The topological polar surface area (TPSA) is 124 Å². The van der Waals surface area contributed by atoms with E-state index < -0.39 is 23.9 Å². The van der Waals surface area contributed by atoms with E-state index in [0.29, 0.717) is 11.1 Å². The molecule has 24 heavy (non-hydrogen) atoms. The minimum Gasteiger partial charge on any atom is -0.275 e. The highest BCUT2D eigenvalue weighted by molar-refractivity contribution is 6.03. The Morgan fingerprint density at radius 1 is 0.833 bits per heavy atom. The number of nitrogens with zero attached hydrogens (tertiary/aromatic N) is 4. The van der Waals surface area contributed by atoms with E-state index in [2.05, 4.69) is 20.8 Å². The van der Waals surface area contributed by atoms with Gasteiger partial charge in [0.15, 0.2) is 0 Å². The molecule has 0 aliphatic carbocycles. The molecule has 122 valence electrons. The van der Waals surface area contributed by atoms with Crippen molar-refractivity contribution in [1.82, 2.24) is 20.7 Å². The maximum atomic E-state index is 11.4. The van der Waals surface area contributed by atoms with Crippen LogP contribution in [0.3, 0.4) is 0 Å². The van der Waals surface area contributed by atoms with E-state index in [1.807, 2.05) is 0 Å². The van der Waals surface area contributed by atoms with E-state index >= 15 is 0 Å². The monoisotopic (exact) mass is 328 g/mol. The van der Waals surface area contributed by atoms with Gasteiger partial charge >= 0.3 is 12.1 Å². The minimum absolute atomic E-state index is 0.116. The minimum atomic E-state index is -0.571. The number of hydrogen-bond donors (Lipinski definition) is 2. The summed E-state index contributed by atoms with van der Waals surface area (Å²) < 4.78 is 0. The van der Waals surface area contributed by atoms with Gasteiger partial charge < -0.3 is 0 Å². The number of amides is 6. The molecule has 0 atom stereocenters. The molecular formula is C14H12N6O4. The van der Waals surface area contributed by atoms with Gasteiger partial charge in [-0.1, -0.05) is 18.2 Å². The van der Waals surface area contributed by atoms with Gasteiger partial charge in [0.25, 0.3) is 0 Å². The molecule has 0 radical (unpaired) electrons. The maximum absolute atomic E-state index is 11.4. The van der Waals surface area contributed by atoms with Crippen molar-refractivity contribution in [3.05, 3.63) is 35.4 Å². The van der Waals surface area contributed by atoms with Crippen molar-refractivity contribution >= 4 is 36.3 Å². The van der Waals surface area contributed by atoms with Crippen LogP contribution in [0.15, 0.2) is 34.5 Å². The number of urea groups is 2. The molecule has 1 aromatic carbocycles. The molecule has 1 aromatic rings. The lowest BCUT2D eigenvalue weighted by Gasteiger charge is -2.05. The SMILES string of the molecule is O=C1CN(/N=C/c2cccc(/C=N/N3CC(=O)NC3=O)c2)C(=O)N1. The van der Waals surface area contributed by atoms with Crippen molar-refractivity contribution in [2.45, 2.75) is 0 Å². The third-order valence-electron chi connectivity index (χ3n) is 3.15. The lowest BCUT2D eigenvalue weighted by Crippen LogP contribution is -2.24. The van der Waals surface area contributed by atoms with Gasteiger partial charge in [0, 0.05) is 0 Å². The smallest absolute Gasteiger partial charge is 0.275 e. The summed E-state index contributed by atoms with van der Waals surface area (Å²) in [5, 5.41) is 14.1. The normalized spacial score (nSPS) is 18.2. The average Bonchev–Trinajstić information content (AvgIpc) is 3.04. The number of carbonyl (C=O) groups is 4. The van der Waals surface area contributed by atoms with Crippen LogP contribution in [0.5, 0.6) is 0 Å². The van der Waals surface area contributed by atoms with Crippen molar-refractivity contribution in [1.29, 1.82) is 0 Å². The largest absolute Gasteiger partial charge is 0.344 e. The van der Waals surface area contributed by atoms with Crippen molar-refractivity contribution < 1.29 is 19.2 Å². The molecule has 0 aromatic heterocycles. The average molecular weight is 328 g/mol. The zero-order chi connectivity index (χ0) is 17.1. The molecule has 6 amide bonds. The Balaban J connectivity index is 1.68. The second kappa shape index (κ2) is 6.28. The van der Waals surface area contributed by atoms with Crippen LogP contribution >= 0.6 is 0 Å². The first-order valence-corrected chi connectivity index (χ1v) is 6.92. The number of benzene rings is 1. The second-order valence-corrected chi connectivity index (χ2v) is 4.98. The van der Waals surface area contributed by atoms with Gasteiger partial charge in [-0.2, -0.15) is 10.2 Å². The summed E-state index contributed by atoms with van der Waals surface area (Å²) in [5.41, 5.74) is 1.35. The Hall–Kier alpha value is -3.56. The summed E-state index contributed by atoms with van der Waals surface area (Å²) >= 11 is 0. The fourth-order valence-electron chi connectivity index (χ4n) is 2.04. The zero-order valence-corrected chi connectivity index (χ0v) is 12.3. The summed E-state index contributed by atoms with van der Waals surface area (Å²) in [6.07, 6.45) is 2.86. The van der Waals surface area contributed by atoms with Crippen LogP contribution in [0, 0.1) is 0 Å². The summed E-state index contributed by atoms with van der Waals surface area (Å²) in [4.78, 5) is 44.9. The molecule has 2 aliphatic rings. The van der Waals surface area contributed by atoms with Gasteiger partial charge in [0.2, 0.25) is 11.8 Å². The third kappa shape index (κ3) is 3.43.